The van der Waals surface area contributed by atoms with E-state index >= 15 is 0 Å². The van der Waals surface area contributed by atoms with Crippen molar-refractivity contribution < 1.29 is 8.78 Å². The number of benzene rings is 2. The Morgan fingerprint density at radius 3 is 2.50 bits per heavy atom. The zero-order valence-corrected chi connectivity index (χ0v) is 10.6. The van der Waals surface area contributed by atoms with Crippen molar-refractivity contribution in [1.82, 2.24) is 0 Å². The van der Waals surface area contributed by atoms with Crippen molar-refractivity contribution in [2.45, 2.75) is 0 Å². The van der Waals surface area contributed by atoms with Gasteiger partial charge in [-0.05, 0) is 52.3 Å². The molecule has 0 aliphatic rings. The van der Waals surface area contributed by atoms with Crippen molar-refractivity contribution in [2.75, 3.05) is 5.32 Å². The summed E-state index contributed by atoms with van der Waals surface area (Å²) in [6.45, 7) is 0. The summed E-state index contributed by atoms with van der Waals surface area (Å²) in [5.41, 5.74) is 1.08. The van der Waals surface area contributed by atoms with Crippen molar-refractivity contribution in [3.05, 3.63) is 58.1 Å². The van der Waals surface area contributed by atoms with Crippen molar-refractivity contribution in [3.8, 4) is 6.07 Å². The summed E-state index contributed by atoms with van der Waals surface area (Å²) in [7, 11) is 0. The topological polar surface area (TPSA) is 35.8 Å². The minimum Gasteiger partial charge on any atom is -0.355 e. The lowest BCUT2D eigenvalue weighted by molar-refractivity contribution is 0.622. The van der Waals surface area contributed by atoms with Gasteiger partial charge in [-0.1, -0.05) is 0 Å². The highest BCUT2D eigenvalue weighted by Gasteiger charge is 2.03. The molecule has 18 heavy (non-hydrogen) atoms. The molecule has 0 saturated heterocycles. The second-order valence-electron chi connectivity index (χ2n) is 3.59. The van der Waals surface area contributed by atoms with Crippen LogP contribution in [0.1, 0.15) is 5.56 Å². The fourth-order valence-corrected chi connectivity index (χ4v) is 1.71. The second-order valence-corrected chi connectivity index (χ2v) is 4.45. The summed E-state index contributed by atoms with van der Waals surface area (Å²) in [5.74, 6) is -0.939. The Morgan fingerprint density at radius 2 is 1.83 bits per heavy atom. The first kappa shape index (κ1) is 12.5. The van der Waals surface area contributed by atoms with Crippen LogP contribution in [0.3, 0.4) is 0 Å². The van der Waals surface area contributed by atoms with Gasteiger partial charge in [0.05, 0.1) is 16.1 Å². The molecule has 1 N–H and O–H groups in total. The molecule has 2 aromatic rings. The maximum absolute atomic E-state index is 13.3. The summed E-state index contributed by atoms with van der Waals surface area (Å²) in [5, 5.41) is 11.6. The Bertz CT molecular complexity index is 635. The molecule has 0 fully saturated rings. The Hall–Kier alpha value is -1.93. The normalized spacial score (nSPS) is 9.89. The maximum atomic E-state index is 13.3. The van der Waals surface area contributed by atoms with Crippen LogP contribution in [0.4, 0.5) is 20.2 Å². The monoisotopic (exact) mass is 308 g/mol. The molecule has 0 spiro atoms. The van der Waals surface area contributed by atoms with Gasteiger partial charge in [0.1, 0.15) is 11.6 Å². The van der Waals surface area contributed by atoms with Gasteiger partial charge in [-0.25, -0.2) is 8.78 Å². The van der Waals surface area contributed by atoms with Gasteiger partial charge >= 0.3 is 0 Å². The van der Waals surface area contributed by atoms with Crippen LogP contribution >= 0.6 is 15.9 Å². The van der Waals surface area contributed by atoms with Crippen molar-refractivity contribution in [3.63, 3.8) is 0 Å². The standard InChI is InChI=1S/C13H7BrF2N2/c14-12-2-1-10(6-13(12)16)18-11-4-8(7-17)3-9(15)5-11/h1-6,18H. The number of hydrogen-bond donors (Lipinski definition) is 1. The first-order valence-corrected chi connectivity index (χ1v) is 5.80. The molecule has 0 aliphatic carbocycles. The Kier molecular flexibility index (Phi) is 3.58. The van der Waals surface area contributed by atoms with Crippen LogP contribution in [0.25, 0.3) is 0 Å². The smallest absolute Gasteiger partial charge is 0.139 e. The fraction of sp³-hybridized carbons (Fsp3) is 0. The molecule has 0 atom stereocenters. The molecule has 2 nitrogen and oxygen atoms in total. The highest BCUT2D eigenvalue weighted by molar-refractivity contribution is 9.10. The van der Waals surface area contributed by atoms with Crippen molar-refractivity contribution in [2.24, 2.45) is 0 Å². The molecule has 2 aromatic carbocycles. The predicted octanol–water partition coefficient (Wildman–Crippen LogP) is 4.34. The first-order chi connectivity index (χ1) is 8.58. The highest BCUT2D eigenvalue weighted by atomic mass is 79.9. The SMILES string of the molecule is N#Cc1cc(F)cc(Nc2ccc(Br)c(F)c2)c1. The maximum Gasteiger partial charge on any atom is 0.139 e. The lowest BCUT2D eigenvalue weighted by Gasteiger charge is -2.07. The van der Waals surface area contributed by atoms with Crippen LogP contribution in [-0.2, 0) is 0 Å². The van der Waals surface area contributed by atoms with E-state index in [0.717, 1.165) is 6.07 Å². The molecule has 0 unspecified atom stereocenters. The number of halogens is 3. The molecule has 0 heterocycles. The molecule has 0 radical (unpaired) electrons. The van der Waals surface area contributed by atoms with Crippen LogP contribution in [0.2, 0.25) is 0 Å². The van der Waals surface area contributed by atoms with Gasteiger partial charge in [0.2, 0.25) is 0 Å². The molecular formula is C13H7BrF2N2. The van der Waals surface area contributed by atoms with E-state index in [4.69, 9.17) is 5.26 Å². The zero-order chi connectivity index (χ0) is 13.1. The number of anilines is 2. The van der Waals surface area contributed by atoms with Crippen molar-refractivity contribution in [1.29, 1.82) is 5.26 Å². The largest absolute Gasteiger partial charge is 0.355 e. The summed E-state index contributed by atoms with van der Waals surface area (Å²) in [6.07, 6.45) is 0. The van der Waals surface area contributed by atoms with Crippen LogP contribution in [0, 0.1) is 23.0 Å². The van der Waals surface area contributed by atoms with Gasteiger partial charge in [-0.3, -0.25) is 0 Å². The molecule has 2 rings (SSSR count). The molecule has 0 aliphatic heterocycles. The minimum absolute atomic E-state index is 0.204. The molecule has 5 heteroatoms. The van der Waals surface area contributed by atoms with Crippen LogP contribution in [-0.4, -0.2) is 0 Å². The number of nitrogens with one attached hydrogen (secondary N) is 1. The molecule has 0 saturated carbocycles. The van der Waals surface area contributed by atoms with E-state index in [-0.39, 0.29) is 5.56 Å². The lowest BCUT2D eigenvalue weighted by Crippen LogP contribution is -1.93. The Labute approximate surface area is 111 Å². The first-order valence-electron chi connectivity index (χ1n) is 5.01. The number of rotatable bonds is 2. The number of nitrogens with zero attached hydrogens (tertiary/aromatic N) is 1. The van der Waals surface area contributed by atoms with Gasteiger partial charge in [0.15, 0.2) is 0 Å². The van der Waals surface area contributed by atoms with Gasteiger partial charge < -0.3 is 5.32 Å². The van der Waals surface area contributed by atoms with Crippen LogP contribution in [0.15, 0.2) is 40.9 Å². The lowest BCUT2D eigenvalue weighted by atomic mass is 10.2. The second kappa shape index (κ2) is 5.15. The van der Waals surface area contributed by atoms with E-state index in [9.17, 15) is 8.78 Å². The van der Waals surface area contributed by atoms with E-state index in [0.29, 0.717) is 15.8 Å². The average Bonchev–Trinajstić information content (AvgIpc) is 2.33. The third-order valence-corrected chi connectivity index (χ3v) is 2.88. The van der Waals surface area contributed by atoms with E-state index in [1.54, 1.807) is 12.1 Å². The molecule has 0 aromatic heterocycles. The number of hydrogen-bond acceptors (Lipinski definition) is 2. The predicted molar refractivity (Wildman–Crippen MR) is 68.5 cm³/mol. The average molecular weight is 309 g/mol. The summed E-state index contributed by atoms with van der Waals surface area (Å²) in [6, 6.07) is 10.2. The van der Waals surface area contributed by atoms with Crippen LogP contribution < -0.4 is 5.32 Å². The van der Waals surface area contributed by atoms with Gasteiger partial charge in [0, 0.05) is 11.4 Å². The van der Waals surface area contributed by atoms with Crippen LogP contribution in [0.5, 0.6) is 0 Å². The molecule has 90 valence electrons. The Morgan fingerprint density at radius 1 is 1.06 bits per heavy atom. The Balaban J connectivity index is 2.31. The van der Waals surface area contributed by atoms with E-state index in [2.05, 4.69) is 21.2 Å². The third-order valence-electron chi connectivity index (χ3n) is 2.24. The number of nitriles is 1. The summed E-state index contributed by atoms with van der Waals surface area (Å²) in [4.78, 5) is 0. The zero-order valence-electron chi connectivity index (χ0n) is 9.05. The minimum atomic E-state index is -0.519. The molecule has 0 bridgehead atoms. The quantitative estimate of drug-likeness (QED) is 0.895. The molecule has 0 amide bonds. The highest BCUT2D eigenvalue weighted by Crippen LogP contribution is 2.23. The molecular weight excluding hydrogens is 302 g/mol. The van der Waals surface area contributed by atoms with E-state index in [1.165, 1.54) is 18.2 Å². The summed E-state index contributed by atoms with van der Waals surface area (Å²) < 4.78 is 26.8. The summed E-state index contributed by atoms with van der Waals surface area (Å²) >= 11 is 3.04. The van der Waals surface area contributed by atoms with E-state index < -0.39 is 11.6 Å². The van der Waals surface area contributed by atoms with Crippen molar-refractivity contribution >= 4 is 27.3 Å². The third kappa shape index (κ3) is 2.84. The van der Waals surface area contributed by atoms with Gasteiger partial charge in [-0.15, -0.1) is 0 Å². The van der Waals surface area contributed by atoms with Gasteiger partial charge in [0.25, 0.3) is 0 Å². The van der Waals surface area contributed by atoms with Gasteiger partial charge in [-0.2, -0.15) is 5.26 Å². The fourth-order valence-electron chi connectivity index (χ4n) is 1.47. The van der Waals surface area contributed by atoms with E-state index in [1.807, 2.05) is 6.07 Å².